The summed E-state index contributed by atoms with van der Waals surface area (Å²) in [4.78, 5) is 6.59. The minimum atomic E-state index is -3.02. The van der Waals surface area contributed by atoms with E-state index in [2.05, 4.69) is 43.4 Å². The number of aromatic nitrogens is 1. The normalized spacial score (nSPS) is 24.6. The Morgan fingerprint density at radius 1 is 1.28 bits per heavy atom. The molecular weight excluding hydrogens is 374 g/mol. The number of hydrogen-bond acceptors (Lipinski definition) is 5. The van der Waals surface area contributed by atoms with Gasteiger partial charge in [-0.2, -0.15) is 0 Å². The molecule has 0 bridgehead atoms. The van der Waals surface area contributed by atoms with Gasteiger partial charge in [0.1, 0.15) is 0 Å². The van der Waals surface area contributed by atoms with Crippen molar-refractivity contribution in [2.75, 3.05) is 16.4 Å². The Hall–Kier alpha value is -1.51. The first-order valence-corrected chi connectivity index (χ1v) is 11.3. The van der Waals surface area contributed by atoms with Crippen molar-refractivity contribution in [1.82, 2.24) is 10.3 Å². The number of anilines is 1. The highest BCUT2D eigenvalue weighted by Gasteiger charge is 2.48. The summed E-state index contributed by atoms with van der Waals surface area (Å²) in [7, 11) is -3.02. The van der Waals surface area contributed by atoms with Crippen LogP contribution in [0.3, 0.4) is 0 Å². The molecule has 1 aromatic heterocycles. The average molecular weight is 394 g/mol. The molecule has 0 aliphatic carbocycles. The number of nitrogens with zero attached hydrogens (tertiary/aromatic N) is 2. The average Bonchev–Trinajstić information content (AvgIpc) is 3.19. The van der Waals surface area contributed by atoms with Crippen molar-refractivity contribution in [3.8, 4) is 11.3 Å². The predicted molar refractivity (Wildman–Crippen MR) is 106 cm³/mol. The number of hydrogen-bond donors (Lipinski definition) is 1. The summed E-state index contributed by atoms with van der Waals surface area (Å²) in [6, 6.07) is 8.13. The van der Waals surface area contributed by atoms with Crippen molar-refractivity contribution in [3.63, 3.8) is 0 Å². The van der Waals surface area contributed by atoms with Crippen LogP contribution < -0.4 is 10.2 Å². The maximum atomic E-state index is 11.9. The Morgan fingerprint density at radius 3 is 2.68 bits per heavy atom. The van der Waals surface area contributed by atoms with Crippen molar-refractivity contribution in [2.45, 2.75) is 31.8 Å². The van der Waals surface area contributed by atoms with Gasteiger partial charge in [0.15, 0.2) is 20.1 Å². The van der Waals surface area contributed by atoms with Crippen molar-refractivity contribution < 1.29 is 8.42 Å². The van der Waals surface area contributed by atoms with Crippen LogP contribution in [0.15, 0.2) is 29.6 Å². The first-order valence-electron chi connectivity index (χ1n) is 8.20. The second-order valence-corrected chi connectivity index (χ2v) is 10.2. The van der Waals surface area contributed by atoms with Gasteiger partial charge in [0.2, 0.25) is 0 Å². The van der Waals surface area contributed by atoms with Gasteiger partial charge in [-0.05, 0) is 23.7 Å². The quantitative estimate of drug-likeness (QED) is 0.809. The van der Waals surface area contributed by atoms with Gasteiger partial charge in [-0.25, -0.2) is 13.4 Å². The third kappa shape index (κ3) is 3.07. The zero-order chi connectivity index (χ0) is 17.8. The van der Waals surface area contributed by atoms with Crippen molar-refractivity contribution in [3.05, 3.63) is 35.2 Å². The Morgan fingerprint density at radius 2 is 2.00 bits per heavy atom. The molecular formula is C17H19N3O2S3. The van der Waals surface area contributed by atoms with Crippen LogP contribution >= 0.6 is 23.6 Å². The molecule has 2 atom stereocenters. The Balaban J connectivity index is 1.62. The third-order valence-corrected chi connectivity index (χ3v) is 7.62. The smallest absolute Gasteiger partial charge is 0.192 e. The minimum Gasteiger partial charge on any atom is -0.356 e. The van der Waals surface area contributed by atoms with Gasteiger partial charge in [0, 0.05) is 10.9 Å². The Labute approximate surface area is 157 Å². The molecule has 2 aromatic rings. The fraction of sp³-hybridized carbons (Fsp3) is 0.412. The van der Waals surface area contributed by atoms with Gasteiger partial charge < -0.3 is 5.32 Å². The molecule has 1 aromatic carbocycles. The van der Waals surface area contributed by atoms with E-state index in [4.69, 9.17) is 17.2 Å². The van der Waals surface area contributed by atoms with E-state index < -0.39 is 9.84 Å². The van der Waals surface area contributed by atoms with Crippen LogP contribution in [-0.4, -0.2) is 42.1 Å². The highest BCUT2D eigenvalue weighted by molar-refractivity contribution is 7.91. The standard InChI is InChI=1S/C17H19N3O2S3/c1-10(2)11-3-5-12(6-4-11)13-7-24-17(19-13)20-15-9-25(21,22)8-14(15)18-16(20)23/h3-7,10,14-15H,8-9H2,1-2H3,(H,18,23)/t14-,15-/m1/s1. The monoisotopic (exact) mass is 393 g/mol. The molecule has 3 heterocycles. The van der Waals surface area contributed by atoms with Crippen molar-refractivity contribution >= 4 is 43.6 Å². The topological polar surface area (TPSA) is 62.3 Å². The fourth-order valence-electron chi connectivity index (χ4n) is 3.38. The van der Waals surface area contributed by atoms with Gasteiger partial charge in [-0.15, -0.1) is 11.3 Å². The molecule has 2 fully saturated rings. The lowest BCUT2D eigenvalue weighted by atomic mass is 10.0. The van der Waals surface area contributed by atoms with E-state index in [0.29, 0.717) is 11.0 Å². The molecule has 0 unspecified atom stereocenters. The number of thiocarbonyl (C=S) groups is 1. The summed E-state index contributed by atoms with van der Waals surface area (Å²) in [5.41, 5.74) is 3.24. The summed E-state index contributed by atoms with van der Waals surface area (Å²) < 4.78 is 23.8. The lowest BCUT2D eigenvalue weighted by Gasteiger charge is -2.19. The molecule has 1 N–H and O–H groups in total. The maximum absolute atomic E-state index is 11.9. The molecule has 2 aliphatic rings. The summed E-state index contributed by atoms with van der Waals surface area (Å²) in [6.07, 6.45) is 0. The number of nitrogens with one attached hydrogen (secondary N) is 1. The molecule has 5 nitrogen and oxygen atoms in total. The number of rotatable bonds is 3. The van der Waals surface area contributed by atoms with Crippen LogP contribution in [0.25, 0.3) is 11.3 Å². The van der Waals surface area contributed by atoms with Crippen LogP contribution in [0.2, 0.25) is 0 Å². The second-order valence-electron chi connectivity index (χ2n) is 6.86. The first kappa shape index (κ1) is 16.9. The van der Waals surface area contributed by atoms with Gasteiger partial charge in [0.05, 0.1) is 29.3 Å². The molecule has 4 rings (SSSR count). The van der Waals surface area contributed by atoms with Crippen LogP contribution in [0.5, 0.6) is 0 Å². The summed E-state index contributed by atoms with van der Waals surface area (Å²) >= 11 is 6.91. The Bertz CT molecular complexity index is 919. The molecule has 8 heteroatoms. The van der Waals surface area contributed by atoms with E-state index in [1.165, 1.54) is 16.9 Å². The van der Waals surface area contributed by atoms with Crippen LogP contribution in [0.1, 0.15) is 25.3 Å². The SMILES string of the molecule is CC(C)c1ccc(-c2csc(N3C(=S)N[C@@H]4CS(=O)(=O)C[C@H]43)n2)cc1. The minimum absolute atomic E-state index is 0.128. The van der Waals surface area contributed by atoms with Crippen LogP contribution in [-0.2, 0) is 9.84 Å². The molecule has 25 heavy (non-hydrogen) atoms. The third-order valence-electron chi connectivity index (χ3n) is 4.75. The number of benzene rings is 1. The van der Waals surface area contributed by atoms with Crippen molar-refractivity contribution in [1.29, 1.82) is 0 Å². The van der Waals surface area contributed by atoms with E-state index in [1.54, 1.807) is 0 Å². The van der Waals surface area contributed by atoms with E-state index >= 15 is 0 Å². The van der Waals surface area contributed by atoms with E-state index in [9.17, 15) is 8.42 Å². The Kier molecular flexibility index (Phi) is 4.09. The molecule has 2 aliphatic heterocycles. The second kappa shape index (κ2) is 6.03. The maximum Gasteiger partial charge on any atom is 0.192 e. The van der Waals surface area contributed by atoms with E-state index in [1.807, 2.05) is 10.3 Å². The van der Waals surface area contributed by atoms with E-state index in [-0.39, 0.29) is 23.6 Å². The molecule has 0 amide bonds. The fourth-order valence-corrected chi connectivity index (χ4v) is 6.59. The molecule has 0 spiro atoms. The van der Waals surface area contributed by atoms with E-state index in [0.717, 1.165) is 16.4 Å². The van der Waals surface area contributed by atoms with Crippen LogP contribution in [0, 0.1) is 0 Å². The van der Waals surface area contributed by atoms with Gasteiger partial charge in [-0.1, -0.05) is 38.1 Å². The molecule has 132 valence electrons. The van der Waals surface area contributed by atoms with Gasteiger partial charge in [0.25, 0.3) is 0 Å². The van der Waals surface area contributed by atoms with Crippen molar-refractivity contribution in [2.24, 2.45) is 0 Å². The zero-order valence-corrected chi connectivity index (χ0v) is 16.4. The molecule has 0 saturated carbocycles. The summed E-state index contributed by atoms with van der Waals surface area (Å²) in [5.74, 6) is 0.765. The number of thiazole rings is 1. The predicted octanol–water partition coefficient (Wildman–Crippen LogP) is 2.79. The van der Waals surface area contributed by atoms with Gasteiger partial charge >= 0.3 is 0 Å². The molecule has 2 saturated heterocycles. The summed E-state index contributed by atoms with van der Waals surface area (Å²) in [6.45, 7) is 4.34. The lowest BCUT2D eigenvalue weighted by Crippen LogP contribution is -2.36. The largest absolute Gasteiger partial charge is 0.356 e. The lowest BCUT2D eigenvalue weighted by molar-refractivity contribution is 0.600. The van der Waals surface area contributed by atoms with Crippen LogP contribution in [0.4, 0.5) is 5.13 Å². The first-order chi connectivity index (χ1) is 11.8. The highest BCUT2D eigenvalue weighted by atomic mass is 32.2. The van der Waals surface area contributed by atoms with Gasteiger partial charge in [-0.3, -0.25) is 4.90 Å². The highest BCUT2D eigenvalue weighted by Crippen LogP contribution is 2.34. The zero-order valence-electron chi connectivity index (χ0n) is 14.0. The number of sulfone groups is 1. The summed E-state index contributed by atoms with van der Waals surface area (Å²) in [5, 5.41) is 6.46. The molecule has 0 radical (unpaired) electrons. The number of fused-ring (bicyclic) bond motifs is 1.